The smallest absolute Gasteiger partial charge is 0.410 e. The highest BCUT2D eigenvalue weighted by atomic mass is 16.6. The van der Waals surface area contributed by atoms with E-state index in [1.54, 1.807) is 24.1 Å². The van der Waals surface area contributed by atoms with Crippen LogP contribution >= 0.6 is 0 Å². The molecule has 0 aromatic heterocycles. The maximum atomic E-state index is 12.1. The lowest BCUT2D eigenvalue weighted by molar-refractivity contribution is 0.0240. The van der Waals surface area contributed by atoms with Gasteiger partial charge < -0.3 is 25.0 Å². The fourth-order valence-corrected chi connectivity index (χ4v) is 2.70. The van der Waals surface area contributed by atoms with E-state index in [-0.39, 0.29) is 11.7 Å². The van der Waals surface area contributed by atoms with Gasteiger partial charge in [-0.2, -0.15) is 0 Å². The van der Waals surface area contributed by atoms with Gasteiger partial charge in [0.15, 0.2) is 0 Å². The van der Waals surface area contributed by atoms with Crippen LogP contribution in [0.5, 0.6) is 0 Å². The molecule has 1 heterocycles. The zero-order chi connectivity index (χ0) is 17.9. The van der Waals surface area contributed by atoms with Crippen molar-refractivity contribution in [3.8, 4) is 0 Å². The molecule has 132 valence electrons. The minimum atomic E-state index is -0.964. The van der Waals surface area contributed by atoms with E-state index in [1.807, 2.05) is 26.8 Å². The van der Waals surface area contributed by atoms with E-state index in [2.05, 4.69) is 10.2 Å². The first-order chi connectivity index (χ1) is 11.2. The number of nitrogens with zero attached hydrogens (tertiary/aromatic N) is 2. The highest BCUT2D eigenvalue weighted by molar-refractivity contribution is 5.98. The van der Waals surface area contributed by atoms with E-state index in [4.69, 9.17) is 4.74 Å². The predicted molar refractivity (Wildman–Crippen MR) is 93.0 cm³/mol. The van der Waals surface area contributed by atoms with Gasteiger partial charge in [-0.05, 0) is 32.9 Å². The second-order valence-corrected chi connectivity index (χ2v) is 6.71. The summed E-state index contributed by atoms with van der Waals surface area (Å²) in [4.78, 5) is 27.2. The van der Waals surface area contributed by atoms with Gasteiger partial charge in [0.05, 0.1) is 16.9 Å². The normalized spacial score (nSPS) is 15.2. The van der Waals surface area contributed by atoms with Gasteiger partial charge in [-0.15, -0.1) is 0 Å². The van der Waals surface area contributed by atoms with Crippen molar-refractivity contribution in [2.45, 2.75) is 26.4 Å². The number of carbonyl (C=O) groups excluding carboxylic acids is 1. The first-order valence-electron chi connectivity index (χ1n) is 8.00. The molecule has 0 aliphatic carbocycles. The van der Waals surface area contributed by atoms with E-state index in [0.717, 1.165) is 5.69 Å². The Morgan fingerprint density at radius 1 is 1.17 bits per heavy atom. The van der Waals surface area contributed by atoms with Gasteiger partial charge in [0.1, 0.15) is 5.60 Å². The molecule has 0 spiro atoms. The van der Waals surface area contributed by atoms with Gasteiger partial charge in [0, 0.05) is 33.2 Å². The van der Waals surface area contributed by atoms with Crippen LogP contribution in [0.2, 0.25) is 0 Å². The number of carbonyl (C=O) groups is 2. The molecule has 1 aromatic carbocycles. The summed E-state index contributed by atoms with van der Waals surface area (Å²) in [5, 5.41) is 12.3. The Hall–Kier alpha value is -2.44. The quantitative estimate of drug-likeness (QED) is 0.883. The number of carboxylic acid groups (broad SMARTS) is 1. The summed E-state index contributed by atoms with van der Waals surface area (Å²) in [5.41, 5.74) is 1.16. The maximum absolute atomic E-state index is 12.1. The second-order valence-electron chi connectivity index (χ2n) is 6.71. The van der Waals surface area contributed by atoms with Crippen LogP contribution < -0.4 is 10.2 Å². The van der Waals surface area contributed by atoms with Gasteiger partial charge in [-0.25, -0.2) is 9.59 Å². The molecule has 24 heavy (non-hydrogen) atoms. The summed E-state index contributed by atoms with van der Waals surface area (Å²) in [6.07, 6.45) is -0.310. The van der Waals surface area contributed by atoms with Crippen LogP contribution in [0.15, 0.2) is 18.2 Å². The third kappa shape index (κ3) is 4.10. The van der Waals surface area contributed by atoms with Crippen molar-refractivity contribution in [2.75, 3.05) is 43.4 Å². The third-order valence-electron chi connectivity index (χ3n) is 3.79. The van der Waals surface area contributed by atoms with Gasteiger partial charge >= 0.3 is 12.1 Å². The van der Waals surface area contributed by atoms with Crippen molar-refractivity contribution >= 4 is 23.4 Å². The molecule has 0 radical (unpaired) electrons. The Balaban J connectivity index is 2.09. The largest absolute Gasteiger partial charge is 0.478 e. The molecular weight excluding hydrogens is 310 g/mol. The summed E-state index contributed by atoms with van der Waals surface area (Å²) in [7, 11) is 1.71. The molecule has 7 nitrogen and oxygen atoms in total. The summed E-state index contributed by atoms with van der Waals surface area (Å²) in [6.45, 7) is 7.85. The molecule has 1 fully saturated rings. The lowest BCUT2D eigenvalue weighted by Crippen LogP contribution is -2.50. The SMILES string of the molecule is CNc1c(C(=O)O)cccc1N1CCN(C(=O)OC(C)(C)C)CC1. The highest BCUT2D eigenvalue weighted by Crippen LogP contribution is 2.30. The van der Waals surface area contributed by atoms with Crippen molar-refractivity contribution in [3.63, 3.8) is 0 Å². The number of benzene rings is 1. The molecule has 0 unspecified atom stereocenters. The number of rotatable bonds is 3. The van der Waals surface area contributed by atoms with Crippen LogP contribution in [0.3, 0.4) is 0 Å². The fraction of sp³-hybridized carbons (Fsp3) is 0.529. The first-order valence-corrected chi connectivity index (χ1v) is 8.00. The number of amides is 1. The van der Waals surface area contributed by atoms with Crippen LogP contribution in [0, 0.1) is 0 Å². The highest BCUT2D eigenvalue weighted by Gasteiger charge is 2.27. The molecule has 2 N–H and O–H groups in total. The number of hydrogen-bond acceptors (Lipinski definition) is 5. The van der Waals surface area contributed by atoms with Crippen molar-refractivity contribution in [1.82, 2.24) is 4.90 Å². The summed E-state index contributed by atoms with van der Waals surface area (Å²) < 4.78 is 5.39. The lowest BCUT2D eigenvalue weighted by atomic mass is 10.1. The molecule has 1 saturated heterocycles. The number of para-hydroxylation sites is 1. The monoisotopic (exact) mass is 335 g/mol. The van der Waals surface area contributed by atoms with Gasteiger partial charge in [-0.1, -0.05) is 6.07 Å². The van der Waals surface area contributed by atoms with Crippen LogP contribution in [0.4, 0.5) is 16.2 Å². The molecule has 0 atom stereocenters. The average molecular weight is 335 g/mol. The molecule has 1 amide bonds. The standard InChI is InChI=1S/C17H25N3O4/c1-17(2,3)24-16(23)20-10-8-19(9-11-20)13-7-5-6-12(15(21)22)14(13)18-4/h5-7,18H,8-11H2,1-4H3,(H,21,22). The van der Waals surface area contributed by atoms with Crippen molar-refractivity contribution in [1.29, 1.82) is 0 Å². The van der Waals surface area contributed by atoms with E-state index < -0.39 is 11.6 Å². The first kappa shape index (κ1) is 17.9. The Bertz CT molecular complexity index is 617. The molecular formula is C17H25N3O4. The van der Waals surface area contributed by atoms with Crippen LogP contribution in [0.25, 0.3) is 0 Å². The Morgan fingerprint density at radius 3 is 2.29 bits per heavy atom. The maximum Gasteiger partial charge on any atom is 0.410 e. The number of piperazine rings is 1. The number of hydrogen-bond donors (Lipinski definition) is 2. The van der Waals surface area contributed by atoms with Crippen molar-refractivity contribution in [3.05, 3.63) is 23.8 Å². The average Bonchev–Trinajstić information content (AvgIpc) is 2.52. The zero-order valence-corrected chi connectivity index (χ0v) is 14.6. The summed E-state index contributed by atoms with van der Waals surface area (Å²) in [5.74, 6) is -0.964. The van der Waals surface area contributed by atoms with Gasteiger partial charge in [-0.3, -0.25) is 0 Å². The van der Waals surface area contributed by atoms with E-state index in [9.17, 15) is 14.7 Å². The molecule has 1 aliphatic heterocycles. The minimum Gasteiger partial charge on any atom is -0.478 e. The molecule has 2 rings (SSSR count). The van der Waals surface area contributed by atoms with Crippen molar-refractivity contribution < 1.29 is 19.4 Å². The van der Waals surface area contributed by atoms with E-state index in [1.165, 1.54) is 0 Å². The van der Waals surface area contributed by atoms with Crippen LogP contribution in [-0.4, -0.2) is 60.9 Å². The molecule has 7 heteroatoms. The number of carboxylic acids is 1. The summed E-state index contributed by atoms with van der Waals surface area (Å²) in [6, 6.07) is 5.20. The van der Waals surface area contributed by atoms with Gasteiger partial charge in [0.2, 0.25) is 0 Å². The van der Waals surface area contributed by atoms with E-state index in [0.29, 0.717) is 31.9 Å². The topological polar surface area (TPSA) is 82.1 Å². The molecule has 1 aromatic rings. The lowest BCUT2D eigenvalue weighted by Gasteiger charge is -2.37. The van der Waals surface area contributed by atoms with Crippen molar-refractivity contribution in [2.24, 2.45) is 0 Å². The van der Waals surface area contributed by atoms with Gasteiger partial charge in [0.25, 0.3) is 0 Å². The summed E-state index contributed by atoms with van der Waals surface area (Å²) >= 11 is 0. The van der Waals surface area contributed by atoms with Crippen LogP contribution in [0.1, 0.15) is 31.1 Å². The Kier molecular flexibility index (Phi) is 5.21. The van der Waals surface area contributed by atoms with E-state index >= 15 is 0 Å². The van der Waals surface area contributed by atoms with Crippen LogP contribution in [-0.2, 0) is 4.74 Å². The number of ether oxygens (including phenoxy) is 1. The predicted octanol–water partition coefficient (Wildman–Crippen LogP) is 2.48. The molecule has 1 aliphatic rings. The fourth-order valence-electron chi connectivity index (χ4n) is 2.70. The number of nitrogens with one attached hydrogen (secondary N) is 1. The second kappa shape index (κ2) is 6.98. The Labute approximate surface area is 142 Å². The Morgan fingerprint density at radius 2 is 1.79 bits per heavy atom. The third-order valence-corrected chi connectivity index (χ3v) is 3.79. The number of aromatic carboxylic acids is 1. The number of anilines is 2. The molecule has 0 saturated carbocycles. The molecule has 0 bridgehead atoms. The minimum absolute atomic E-state index is 0.240. The zero-order valence-electron chi connectivity index (χ0n) is 14.6.